The maximum Gasteiger partial charge on any atom is 0.284 e. The normalized spacial score (nSPS) is 20.6. The Labute approximate surface area is 497 Å². The van der Waals surface area contributed by atoms with E-state index in [1.54, 1.807) is 41.2 Å². The maximum atomic E-state index is 16.2. The van der Waals surface area contributed by atoms with Crippen LogP contribution in [0.3, 0.4) is 0 Å². The predicted molar refractivity (Wildman–Crippen MR) is 316 cm³/mol. The first-order valence-electron chi connectivity index (χ1n) is 28.9. The lowest BCUT2D eigenvalue weighted by molar-refractivity contribution is -0.120. The second-order valence-corrected chi connectivity index (χ2v) is 24.8. The molecule has 3 saturated carbocycles. The average Bonchev–Trinajstić information content (AvgIpc) is 2.02. The third-order valence-electron chi connectivity index (χ3n) is 16.6. The van der Waals surface area contributed by atoms with Crippen LogP contribution in [0.5, 0.6) is 5.75 Å². The van der Waals surface area contributed by atoms with Crippen LogP contribution in [0.4, 0.5) is 34.8 Å². The SMILES string of the molecule is COc1cc(C(=O)NCCCCCCN(C)CC2CCC(n3cc(NC(=O)c4coc(-c5ccnc(NCC6CC6)c5)n4)c(C(F)F)n3)CC2)ccc1NC(=O)C1C[C@@H](CC(C)(C)C)[C@](C#N)(c2ccc(Cl)cc2F)[C@H]1c1cccc(Cl)c1F. The van der Waals surface area contributed by atoms with Gasteiger partial charge in [-0.1, -0.05) is 75.0 Å². The second kappa shape index (κ2) is 26.9. The van der Waals surface area contributed by atoms with Crippen LogP contribution in [0.2, 0.25) is 10.0 Å². The molecule has 0 spiro atoms. The number of halogens is 6. The first kappa shape index (κ1) is 61.5. The molecule has 84 heavy (non-hydrogen) atoms. The molecule has 3 fully saturated rings. The molecule has 9 rings (SSSR count). The highest BCUT2D eigenvalue weighted by molar-refractivity contribution is 6.31. The van der Waals surface area contributed by atoms with Crippen molar-refractivity contribution < 1.29 is 41.1 Å². The van der Waals surface area contributed by atoms with Crippen molar-refractivity contribution in [3.8, 4) is 23.3 Å². The lowest BCUT2D eigenvalue weighted by Crippen LogP contribution is -2.39. The highest BCUT2D eigenvalue weighted by atomic mass is 35.5. The summed E-state index contributed by atoms with van der Waals surface area (Å²) < 4.78 is 73.7. The number of benzene rings is 3. The van der Waals surface area contributed by atoms with Crippen LogP contribution in [0.15, 0.2) is 89.8 Å². The van der Waals surface area contributed by atoms with Gasteiger partial charge in [0.05, 0.1) is 41.0 Å². The van der Waals surface area contributed by atoms with Gasteiger partial charge in [0.2, 0.25) is 11.8 Å². The van der Waals surface area contributed by atoms with Gasteiger partial charge in [-0.05, 0) is 155 Å². The lowest BCUT2D eigenvalue weighted by atomic mass is 9.62. The van der Waals surface area contributed by atoms with Gasteiger partial charge in [0, 0.05) is 65.6 Å². The summed E-state index contributed by atoms with van der Waals surface area (Å²) in [4.78, 5) is 52.3. The molecule has 0 saturated heterocycles. The van der Waals surface area contributed by atoms with E-state index in [1.165, 1.54) is 62.7 Å². The monoisotopic (exact) mass is 1190 g/mol. The Balaban J connectivity index is 0.718. The summed E-state index contributed by atoms with van der Waals surface area (Å²) in [6.07, 6.45) is 11.3. The topological polar surface area (TPSA) is 192 Å². The van der Waals surface area contributed by atoms with Gasteiger partial charge in [-0.3, -0.25) is 19.1 Å². The Morgan fingerprint density at radius 1 is 0.929 bits per heavy atom. The summed E-state index contributed by atoms with van der Waals surface area (Å²) in [7, 11) is 3.52. The minimum Gasteiger partial charge on any atom is -0.495 e. The van der Waals surface area contributed by atoms with Gasteiger partial charge in [0.25, 0.3) is 18.2 Å². The van der Waals surface area contributed by atoms with E-state index in [-0.39, 0.29) is 73.7 Å². The average molecular weight is 1200 g/mol. The summed E-state index contributed by atoms with van der Waals surface area (Å²) in [5.41, 5.74) is -1.44. The molecule has 4 atom stereocenters. The number of oxazole rings is 1. The molecule has 15 nitrogen and oxygen atoms in total. The Hall–Kier alpha value is -7.01. The molecule has 3 heterocycles. The van der Waals surface area contributed by atoms with Gasteiger partial charge in [-0.15, -0.1) is 0 Å². The number of rotatable bonds is 24. The van der Waals surface area contributed by atoms with E-state index in [9.17, 15) is 28.4 Å². The van der Waals surface area contributed by atoms with Crippen molar-refractivity contribution in [1.82, 2.24) is 30.0 Å². The van der Waals surface area contributed by atoms with Crippen molar-refractivity contribution in [2.45, 2.75) is 122 Å². The quantitative estimate of drug-likeness (QED) is 0.0333. The van der Waals surface area contributed by atoms with Gasteiger partial charge >= 0.3 is 0 Å². The van der Waals surface area contributed by atoms with Gasteiger partial charge in [0.15, 0.2) is 11.4 Å². The molecule has 0 bridgehead atoms. The smallest absolute Gasteiger partial charge is 0.284 e. The molecule has 446 valence electrons. The number of unbranched alkanes of at least 4 members (excludes halogenated alkanes) is 3. The van der Waals surface area contributed by atoms with E-state index < -0.39 is 58.7 Å². The fourth-order valence-electron chi connectivity index (χ4n) is 12.3. The Bertz CT molecular complexity index is 3350. The standard InChI is InChI=1S/C63H72Cl2F4N10O5/c1-62(2,3)31-41-29-45(54(44-11-10-12-47(65)55(44)67)63(41,36-70)46-21-18-42(64)30-48(46)66)59(81)74-49-22-17-39(27-52(49)83-5)58(80)72-24-8-6-7-9-26-78(4)33-38-15-19-43(20-16-38)79-34-50(56(77-79)57(68)69)75-60(82)51-35-84-61(76-51)40-23-25-71-53(28-40)73-32-37-13-14-37/h10-12,17-18,21-23,25,27-28,30,34-35,37-38,41,43,45,54,57H,6-9,13-16,19-20,24,26,29,31-33H2,1-5H3,(H,71,73)(H,72,80)(H,74,81)(H,75,82)/t38?,41-,43?,45?,54-,63+/m0/s1. The van der Waals surface area contributed by atoms with Gasteiger partial charge in [-0.2, -0.15) is 10.4 Å². The number of methoxy groups -OCH3 is 1. The molecule has 0 aliphatic heterocycles. The van der Waals surface area contributed by atoms with Crippen molar-refractivity contribution in [2.24, 2.45) is 29.1 Å². The zero-order valence-electron chi connectivity index (χ0n) is 47.9. The number of hydrogen-bond donors (Lipinski definition) is 4. The van der Waals surface area contributed by atoms with Crippen molar-refractivity contribution in [3.05, 3.63) is 135 Å². The van der Waals surface area contributed by atoms with E-state index in [1.807, 2.05) is 20.8 Å². The molecule has 3 aliphatic rings. The summed E-state index contributed by atoms with van der Waals surface area (Å²) >= 11 is 12.5. The molecule has 6 aromatic rings. The number of hydrogen-bond acceptors (Lipinski definition) is 11. The van der Waals surface area contributed by atoms with Crippen molar-refractivity contribution in [3.63, 3.8) is 0 Å². The highest BCUT2D eigenvalue weighted by Gasteiger charge is 2.61. The summed E-state index contributed by atoms with van der Waals surface area (Å²) in [6.45, 7) is 9.07. The summed E-state index contributed by atoms with van der Waals surface area (Å²) in [5, 5.41) is 27.2. The fourth-order valence-corrected chi connectivity index (χ4v) is 12.7. The zero-order chi connectivity index (χ0) is 59.9. The van der Waals surface area contributed by atoms with Gasteiger partial charge in [-0.25, -0.2) is 27.5 Å². The predicted octanol–water partition coefficient (Wildman–Crippen LogP) is 14.4. The van der Waals surface area contributed by atoms with E-state index in [0.717, 1.165) is 77.1 Å². The zero-order valence-corrected chi connectivity index (χ0v) is 49.4. The van der Waals surface area contributed by atoms with E-state index in [2.05, 4.69) is 54.4 Å². The molecule has 1 unspecified atom stereocenters. The van der Waals surface area contributed by atoms with Crippen LogP contribution < -0.4 is 26.0 Å². The summed E-state index contributed by atoms with van der Waals surface area (Å²) in [5.74, 6) is -3.68. The first-order chi connectivity index (χ1) is 40.2. The minimum absolute atomic E-state index is 0.0199. The van der Waals surface area contributed by atoms with E-state index in [4.69, 9.17) is 32.4 Å². The molecule has 3 aliphatic carbocycles. The Kier molecular flexibility index (Phi) is 19.7. The number of ether oxygens (including phenoxy) is 1. The van der Waals surface area contributed by atoms with Gasteiger partial charge in [0.1, 0.15) is 29.5 Å². The van der Waals surface area contributed by atoms with Crippen LogP contribution >= 0.6 is 23.2 Å². The fraction of sp³-hybridized carbons (Fsp3) is 0.476. The summed E-state index contributed by atoms with van der Waals surface area (Å²) in [6, 6.07) is 19.0. The molecular formula is C63H72Cl2F4N10O5. The number of nitrogens with one attached hydrogen (secondary N) is 4. The van der Waals surface area contributed by atoms with E-state index in [0.29, 0.717) is 41.7 Å². The van der Waals surface area contributed by atoms with Crippen molar-refractivity contribution in [2.75, 3.05) is 56.3 Å². The molecular weight excluding hydrogens is 1120 g/mol. The molecule has 0 radical (unpaired) electrons. The largest absolute Gasteiger partial charge is 0.495 e. The van der Waals surface area contributed by atoms with Gasteiger partial charge < -0.3 is 35.3 Å². The number of nitrogens with zero attached hydrogens (tertiary/aromatic N) is 6. The lowest BCUT2D eigenvalue weighted by Gasteiger charge is -2.38. The first-order valence-corrected chi connectivity index (χ1v) is 29.6. The number of aromatic nitrogens is 4. The third-order valence-corrected chi connectivity index (χ3v) is 17.1. The molecule has 3 aromatic carbocycles. The molecule has 21 heteroatoms. The molecule has 3 amide bonds. The number of amides is 3. The molecule has 4 N–H and O–H groups in total. The van der Waals surface area contributed by atoms with Crippen LogP contribution in [0.1, 0.15) is 154 Å². The number of pyridine rings is 1. The van der Waals surface area contributed by atoms with Crippen molar-refractivity contribution in [1.29, 1.82) is 5.26 Å². The number of alkyl halides is 2. The number of carbonyl (C=O) groups excluding carboxylic acids is 3. The van der Waals surface area contributed by atoms with Crippen LogP contribution in [0, 0.1) is 52.1 Å². The van der Waals surface area contributed by atoms with E-state index >= 15 is 8.78 Å². The minimum atomic E-state index is -2.90. The third kappa shape index (κ3) is 14.5. The number of carbonyl (C=O) groups is 3. The van der Waals surface area contributed by atoms with Crippen LogP contribution in [-0.2, 0) is 10.2 Å². The Morgan fingerprint density at radius 2 is 1.69 bits per heavy atom. The number of nitriles is 1. The molecule has 3 aromatic heterocycles. The highest BCUT2D eigenvalue weighted by Crippen LogP contribution is 2.61. The second-order valence-electron chi connectivity index (χ2n) is 24.0. The number of anilines is 3. The Morgan fingerprint density at radius 3 is 2.40 bits per heavy atom. The van der Waals surface area contributed by atoms with Crippen molar-refractivity contribution >= 4 is 58.1 Å². The van der Waals surface area contributed by atoms with Crippen LogP contribution in [0.25, 0.3) is 11.5 Å². The van der Waals surface area contributed by atoms with Crippen LogP contribution in [-0.4, -0.2) is 82.7 Å². The maximum absolute atomic E-state index is 16.2.